The lowest BCUT2D eigenvalue weighted by Crippen LogP contribution is -2.63. The summed E-state index contributed by atoms with van der Waals surface area (Å²) in [5.74, 6) is -7.24. The van der Waals surface area contributed by atoms with Crippen molar-refractivity contribution in [1.29, 1.82) is 0 Å². The average Bonchev–Trinajstić information content (AvgIpc) is 3.78. The van der Waals surface area contributed by atoms with Crippen LogP contribution in [0.4, 0.5) is 18.9 Å². The van der Waals surface area contributed by atoms with E-state index in [0.717, 1.165) is 6.42 Å². The number of unbranched alkanes of at least 4 members (excludes halogenated alkanes) is 2. The molecule has 0 bridgehead atoms. The van der Waals surface area contributed by atoms with Gasteiger partial charge in [0.15, 0.2) is 17.1 Å². The Bertz CT molecular complexity index is 1870. The molecule has 17 heteroatoms. The van der Waals surface area contributed by atoms with E-state index in [4.69, 9.17) is 18.7 Å². The maximum absolute atomic E-state index is 14.7. The van der Waals surface area contributed by atoms with Crippen LogP contribution in [0.15, 0.2) is 16.2 Å². The Morgan fingerprint density at radius 3 is 2.43 bits per heavy atom. The van der Waals surface area contributed by atoms with E-state index in [0.29, 0.717) is 29.7 Å². The zero-order chi connectivity index (χ0) is 39.3. The second-order valence-corrected chi connectivity index (χ2v) is 14.4. The SMILES string of the molecule is CCCCOc1noc2c1C(=O)[C@@]1(O)C(=O)C3=C(O)c4c(c(OC)cc(NC(=O)[C@@H]5CCCN5C(=O)C(F)(F)F)c4OCCCC)C[C@H]3C[C@H]1[C@@H]2N(C)C. The number of ketones is 2. The van der Waals surface area contributed by atoms with Crippen molar-refractivity contribution in [2.24, 2.45) is 11.8 Å². The van der Waals surface area contributed by atoms with Gasteiger partial charge in [-0.15, -0.1) is 0 Å². The Labute approximate surface area is 309 Å². The lowest BCUT2D eigenvalue weighted by molar-refractivity contribution is -0.186. The monoisotopic (exact) mass is 762 g/mol. The molecule has 294 valence electrons. The van der Waals surface area contributed by atoms with Crippen LogP contribution >= 0.6 is 0 Å². The molecule has 2 heterocycles. The third kappa shape index (κ3) is 6.37. The third-order valence-electron chi connectivity index (χ3n) is 10.8. The van der Waals surface area contributed by atoms with E-state index in [2.05, 4.69) is 10.5 Å². The summed E-state index contributed by atoms with van der Waals surface area (Å²) >= 11 is 0. The van der Waals surface area contributed by atoms with Gasteiger partial charge < -0.3 is 39.2 Å². The van der Waals surface area contributed by atoms with Crippen molar-refractivity contribution in [2.45, 2.75) is 89.1 Å². The number of aliphatic hydroxyl groups is 2. The molecule has 0 unspecified atom stereocenters. The van der Waals surface area contributed by atoms with Gasteiger partial charge in [-0.1, -0.05) is 26.7 Å². The summed E-state index contributed by atoms with van der Waals surface area (Å²) in [5.41, 5.74) is -2.71. The summed E-state index contributed by atoms with van der Waals surface area (Å²) in [4.78, 5) is 56.9. The lowest BCUT2D eigenvalue weighted by atomic mass is 9.57. The van der Waals surface area contributed by atoms with Crippen molar-refractivity contribution >= 4 is 34.8 Å². The van der Waals surface area contributed by atoms with Gasteiger partial charge in [0.05, 0.1) is 37.6 Å². The van der Waals surface area contributed by atoms with Crippen molar-refractivity contribution in [2.75, 3.05) is 46.3 Å². The highest BCUT2D eigenvalue weighted by Gasteiger charge is 2.65. The van der Waals surface area contributed by atoms with Gasteiger partial charge in [-0.25, -0.2) is 0 Å². The van der Waals surface area contributed by atoms with Crippen LogP contribution in [-0.4, -0.2) is 107 Å². The van der Waals surface area contributed by atoms with Gasteiger partial charge in [0.25, 0.3) is 5.88 Å². The Balaban J connectivity index is 1.45. The molecule has 1 saturated heterocycles. The zero-order valence-corrected chi connectivity index (χ0v) is 30.8. The number of amides is 2. The number of ether oxygens (including phenoxy) is 3. The summed E-state index contributed by atoms with van der Waals surface area (Å²) in [6.07, 6.45) is -2.20. The number of likely N-dealkylation sites (tertiary alicyclic amines) is 1. The van der Waals surface area contributed by atoms with Crippen LogP contribution in [0.3, 0.4) is 0 Å². The largest absolute Gasteiger partial charge is 0.507 e. The van der Waals surface area contributed by atoms with E-state index in [1.54, 1.807) is 19.0 Å². The maximum atomic E-state index is 14.7. The van der Waals surface area contributed by atoms with Crippen LogP contribution in [0.25, 0.3) is 5.76 Å². The number of halogens is 3. The summed E-state index contributed by atoms with van der Waals surface area (Å²) in [6, 6.07) is -0.790. The molecule has 0 spiro atoms. The van der Waals surface area contributed by atoms with Gasteiger partial charge in [0.1, 0.15) is 23.1 Å². The van der Waals surface area contributed by atoms with E-state index >= 15 is 0 Å². The maximum Gasteiger partial charge on any atom is 0.471 e. The van der Waals surface area contributed by atoms with Crippen molar-refractivity contribution in [1.82, 2.24) is 15.0 Å². The fraction of sp³-hybridized carbons (Fsp3) is 0.595. The van der Waals surface area contributed by atoms with Gasteiger partial charge in [0.2, 0.25) is 17.5 Å². The quantitative estimate of drug-likeness (QED) is 0.199. The van der Waals surface area contributed by atoms with Crippen molar-refractivity contribution in [3.8, 4) is 17.4 Å². The third-order valence-corrected chi connectivity index (χ3v) is 10.8. The van der Waals surface area contributed by atoms with Gasteiger partial charge in [-0.2, -0.15) is 13.2 Å². The highest BCUT2D eigenvalue weighted by molar-refractivity contribution is 6.26. The number of aromatic nitrogens is 1. The molecule has 1 aromatic heterocycles. The summed E-state index contributed by atoms with van der Waals surface area (Å²) in [7, 11) is 4.79. The summed E-state index contributed by atoms with van der Waals surface area (Å²) in [6.45, 7) is 3.91. The lowest BCUT2D eigenvalue weighted by Gasteiger charge is -2.49. The Hall–Kier alpha value is -4.64. The number of anilines is 1. The molecule has 1 aliphatic heterocycles. The molecule has 0 radical (unpaired) electrons. The fourth-order valence-corrected chi connectivity index (χ4v) is 8.26. The number of nitrogens with one attached hydrogen (secondary N) is 1. The fourth-order valence-electron chi connectivity index (χ4n) is 8.26. The summed E-state index contributed by atoms with van der Waals surface area (Å²) in [5, 5.41) is 31.1. The first kappa shape index (κ1) is 39.1. The van der Waals surface area contributed by atoms with Crippen LogP contribution in [0.1, 0.15) is 92.1 Å². The number of rotatable bonds is 12. The van der Waals surface area contributed by atoms with E-state index in [1.807, 2.05) is 13.8 Å². The first-order valence-electron chi connectivity index (χ1n) is 18.2. The number of aliphatic hydroxyl groups excluding tert-OH is 1. The molecule has 4 aliphatic rings. The predicted molar refractivity (Wildman–Crippen MR) is 185 cm³/mol. The molecule has 2 aromatic rings. The zero-order valence-electron chi connectivity index (χ0n) is 30.8. The number of carbonyl (C=O) groups excluding carboxylic acids is 4. The minimum atomic E-state index is -5.18. The van der Waals surface area contributed by atoms with E-state index in [1.165, 1.54) is 13.2 Å². The highest BCUT2D eigenvalue weighted by Crippen LogP contribution is 2.57. The second kappa shape index (κ2) is 14.9. The number of benzene rings is 1. The molecule has 2 fully saturated rings. The van der Waals surface area contributed by atoms with Crippen LogP contribution in [0.2, 0.25) is 0 Å². The van der Waals surface area contributed by atoms with Gasteiger partial charge >= 0.3 is 12.1 Å². The predicted octanol–water partition coefficient (Wildman–Crippen LogP) is 4.79. The van der Waals surface area contributed by atoms with E-state index in [9.17, 15) is 42.6 Å². The number of carbonyl (C=O) groups is 4. The van der Waals surface area contributed by atoms with E-state index < -0.39 is 64.8 Å². The smallest absolute Gasteiger partial charge is 0.471 e. The number of hydrogen-bond acceptors (Lipinski definition) is 12. The minimum Gasteiger partial charge on any atom is -0.507 e. The highest BCUT2D eigenvalue weighted by atomic mass is 19.4. The standard InChI is InChI=1S/C37H45F3N4O10/c1-6-8-13-52-29-21(41-33(48)22-11-10-12-44(22)35(49)37(38,39)40)17-23(51-5)19-15-18-16-20-27(43(3)4)30-26(34(42-54-30)53-14-9-7-2)32(47)36(20,50)31(46)24(18)28(45)25(19)29/h17-18,20,22,27,45,50H,6-16H2,1-5H3,(H,41,48)/t18-,20-,22-,27-,36-/m0/s1. The Morgan fingerprint density at radius 2 is 1.80 bits per heavy atom. The number of Topliss-reactive ketones (excluding diaryl/α,β-unsaturated/α-hetero) is 2. The first-order valence-corrected chi connectivity index (χ1v) is 18.2. The molecule has 2 amide bonds. The molecular weight excluding hydrogens is 717 g/mol. The molecule has 14 nitrogen and oxygen atoms in total. The van der Waals surface area contributed by atoms with Crippen molar-refractivity contribution in [3.05, 3.63) is 34.1 Å². The Morgan fingerprint density at radius 1 is 1.11 bits per heavy atom. The number of methoxy groups -OCH3 is 1. The van der Waals surface area contributed by atoms with Crippen molar-refractivity contribution in [3.63, 3.8) is 0 Å². The van der Waals surface area contributed by atoms with Gasteiger partial charge in [-0.05, 0) is 63.7 Å². The molecule has 54 heavy (non-hydrogen) atoms. The molecule has 1 saturated carbocycles. The number of hydrogen-bond donors (Lipinski definition) is 3. The van der Waals surface area contributed by atoms with Crippen LogP contribution in [0.5, 0.6) is 17.4 Å². The van der Waals surface area contributed by atoms with Gasteiger partial charge in [-0.3, -0.25) is 24.1 Å². The second-order valence-electron chi connectivity index (χ2n) is 14.4. The number of nitrogens with zero attached hydrogens (tertiary/aromatic N) is 3. The molecule has 1 aromatic carbocycles. The Kier molecular flexibility index (Phi) is 10.8. The molecule has 6 rings (SSSR count). The van der Waals surface area contributed by atoms with Crippen LogP contribution < -0.4 is 19.5 Å². The number of alkyl halides is 3. The first-order chi connectivity index (χ1) is 25.6. The summed E-state index contributed by atoms with van der Waals surface area (Å²) < 4.78 is 63.4. The topological polar surface area (TPSA) is 181 Å². The normalized spacial score (nSPS) is 24.9. The molecule has 3 N–H and O–H groups in total. The molecule has 3 aliphatic carbocycles. The molecular formula is C37H45F3N4O10. The minimum absolute atomic E-state index is 0.0196. The number of fused-ring (bicyclic) bond motifs is 4. The van der Waals surface area contributed by atoms with Crippen molar-refractivity contribution < 1.29 is 61.3 Å². The average molecular weight is 763 g/mol. The van der Waals surface area contributed by atoms with Crippen LogP contribution in [0, 0.1) is 11.8 Å². The van der Waals surface area contributed by atoms with Crippen LogP contribution in [-0.2, 0) is 20.8 Å². The van der Waals surface area contributed by atoms with E-state index in [-0.39, 0.29) is 91.0 Å². The molecule has 5 atom stereocenters. The van der Waals surface area contributed by atoms with Gasteiger partial charge in [0, 0.05) is 29.7 Å².